The van der Waals surface area contributed by atoms with Crippen molar-refractivity contribution in [3.63, 3.8) is 0 Å². The number of nitrogen functional groups attached to an aromatic ring is 1. The third-order valence-corrected chi connectivity index (χ3v) is 2.57. The van der Waals surface area contributed by atoms with Gasteiger partial charge in [-0.15, -0.1) is 0 Å². The Morgan fingerprint density at radius 3 is 3.00 bits per heavy atom. The molecule has 0 spiro atoms. The second-order valence-electron chi connectivity index (χ2n) is 3.63. The molecule has 0 aliphatic rings. The molecule has 2 N–H and O–H groups in total. The van der Waals surface area contributed by atoms with Gasteiger partial charge in [0.2, 0.25) is 5.88 Å². The zero-order valence-electron chi connectivity index (χ0n) is 8.71. The molecule has 5 heteroatoms. The lowest BCUT2D eigenvalue weighted by molar-refractivity contribution is 0.439. The van der Waals surface area contributed by atoms with Crippen molar-refractivity contribution in [2.24, 2.45) is 7.05 Å². The van der Waals surface area contributed by atoms with Crippen molar-refractivity contribution in [3.05, 3.63) is 30.5 Å². The molecule has 0 radical (unpaired) electrons. The van der Waals surface area contributed by atoms with E-state index < -0.39 is 0 Å². The highest BCUT2D eigenvalue weighted by atomic mass is 16.5. The second-order valence-corrected chi connectivity index (χ2v) is 3.63. The Morgan fingerprint density at radius 2 is 2.25 bits per heavy atom. The predicted molar refractivity (Wildman–Crippen MR) is 60.6 cm³/mol. The van der Waals surface area contributed by atoms with Crippen LogP contribution >= 0.6 is 0 Å². The lowest BCUT2D eigenvalue weighted by Crippen LogP contribution is -1.91. The summed E-state index contributed by atoms with van der Waals surface area (Å²) in [7, 11) is 1.90. The standard InChI is InChI=1S/C11H10N4O/c1-15-11-7(6-13-15)3-2-4-8(11)9-5-10(12)16-14-9/h2-6H,12H2,1H3. The molecule has 0 saturated heterocycles. The smallest absolute Gasteiger partial charge is 0.222 e. The van der Waals surface area contributed by atoms with Crippen LogP contribution in [0.4, 0.5) is 5.88 Å². The summed E-state index contributed by atoms with van der Waals surface area (Å²) in [6.07, 6.45) is 1.82. The Morgan fingerprint density at radius 1 is 1.38 bits per heavy atom. The average molecular weight is 214 g/mol. The Balaban J connectivity index is 2.34. The van der Waals surface area contributed by atoms with Crippen molar-refractivity contribution in [2.45, 2.75) is 0 Å². The van der Waals surface area contributed by atoms with Gasteiger partial charge in [0.25, 0.3) is 0 Å². The zero-order chi connectivity index (χ0) is 11.1. The summed E-state index contributed by atoms with van der Waals surface area (Å²) in [4.78, 5) is 0. The van der Waals surface area contributed by atoms with E-state index in [2.05, 4.69) is 10.3 Å². The Hall–Kier alpha value is -2.30. The number of anilines is 1. The van der Waals surface area contributed by atoms with Crippen LogP contribution in [-0.4, -0.2) is 14.9 Å². The molecule has 3 aromatic rings. The van der Waals surface area contributed by atoms with Crippen LogP contribution in [0.2, 0.25) is 0 Å². The van der Waals surface area contributed by atoms with Crippen molar-refractivity contribution < 1.29 is 4.52 Å². The summed E-state index contributed by atoms with van der Waals surface area (Å²) in [6.45, 7) is 0. The average Bonchev–Trinajstić information content (AvgIpc) is 2.86. The second kappa shape index (κ2) is 3.10. The van der Waals surface area contributed by atoms with Crippen molar-refractivity contribution >= 4 is 16.8 Å². The number of fused-ring (bicyclic) bond motifs is 1. The van der Waals surface area contributed by atoms with Crippen LogP contribution in [0.1, 0.15) is 0 Å². The Kier molecular flexibility index (Phi) is 1.73. The van der Waals surface area contributed by atoms with Gasteiger partial charge in [0.1, 0.15) is 5.69 Å². The number of aromatic nitrogens is 3. The molecule has 0 bridgehead atoms. The Labute approximate surface area is 91.4 Å². The van der Waals surface area contributed by atoms with Gasteiger partial charge in [-0.3, -0.25) is 4.68 Å². The molecule has 80 valence electrons. The zero-order valence-corrected chi connectivity index (χ0v) is 8.71. The van der Waals surface area contributed by atoms with E-state index in [1.54, 1.807) is 6.07 Å². The number of para-hydroxylation sites is 1. The molecule has 0 saturated carbocycles. The van der Waals surface area contributed by atoms with E-state index in [4.69, 9.17) is 10.3 Å². The Bertz CT molecular complexity index is 653. The normalized spacial score (nSPS) is 11.1. The number of benzene rings is 1. The topological polar surface area (TPSA) is 69.9 Å². The van der Waals surface area contributed by atoms with Crippen LogP contribution in [0.25, 0.3) is 22.2 Å². The fraction of sp³-hybridized carbons (Fsp3) is 0.0909. The number of rotatable bonds is 1. The number of nitrogens with two attached hydrogens (primary N) is 1. The SMILES string of the molecule is Cn1ncc2cccc(-c3cc(N)on3)c21. The van der Waals surface area contributed by atoms with E-state index in [0.29, 0.717) is 5.88 Å². The molecule has 1 aromatic carbocycles. The summed E-state index contributed by atoms with van der Waals surface area (Å²) in [5, 5.41) is 9.20. The van der Waals surface area contributed by atoms with Crippen LogP contribution < -0.4 is 5.73 Å². The first kappa shape index (κ1) is 8.96. The largest absolute Gasteiger partial charge is 0.368 e. The highest BCUT2D eigenvalue weighted by Gasteiger charge is 2.11. The summed E-state index contributed by atoms with van der Waals surface area (Å²) in [5.41, 5.74) is 8.24. The maximum atomic E-state index is 5.52. The van der Waals surface area contributed by atoms with Gasteiger partial charge in [-0.25, -0.2) is 0 Å². The molecule has 3 rings (SSSR count). The lowest BCUT2D eigenvalue weighted by atomic mass is 10.1. The predicted octanol–water partition coefficient (Wildman–Crippen LogP) is 1.81. The molecular formula is C11H10N4O. The quantitative estimate of drug-likeness (QED) is 0.670. The van der Waals surface area contributed by atoms with Gasteiger partial charge in [-0.05, 0) is 0 Å². The molecule has 2 heterocycles. The van der Waals surface area contributed by atoms with Gasteiger partial charge in [0.15, 0.2) is 0 Å². The van der Waals surface area contributed by atoms with Crippen molar-refractivity contribution in [1.82, 2.24) is 14.9 Å². The minimum absolute atomic E-state index is 0.314. The van der Waals surface area contributed by atoms with E-state index >= 15 is 0 Å². The monoisotopic (exact) mass is 214 g/mol. The fourth-order valence-electron chi connectivity index (χ4n) is 1.86. The van der Waals surface area contributed by atoms with Gasteiger partial charge in [0, 0.05) is 24.1 Å². The highest BCUT2D eigenvalue weighted by molar-refractivity contribution is 5.93. The van der Waals surface area contributed by atoms with Gasteiger partial charge in [0.05, 0.1) is 11.7 Å². The highest BCUT2D eigenvalue weighted by Crippen LogP contribution is 2.28. The number of aryl methyl sites for hydroxylation is 1. The summed E-state index contributed by atoms with van der Waals surface area (Å²) >= 11 is 0. The van der Waals surface area contributed by atoms with Crippen molar-refractivity contribution in [2.75, 3.05) is 5.73 Å². The first-order valence-electron chi connectivity index (χ1n) is 4.89. The van der Waals surface area contributed by atoms with Crippen LogP contribution in [0.5, 0.6) is 0 Å². The molecule has 0 aliphatic carbocycles. The molecule has 2 aromatic heterocycles. The van der Waals surface area contributed by atoms with Gasteiger partial charge in [-0.2, -0.15) is 5.10 Å². The van der Waals surface area contributed by atoms with E-state index in [1.807, 2.05) is 36.1 Å². The number of hydrogen-bond donors (Lipinski definition) is 1. The van der Waals surface area contributed by atoms with E-state index in [1.165, 1.54) is 0 Å². The van der Waals surface area contributed by atoms with Crippen LogP contribution in [0, 0.1) is 0 Å². The molecule has 0 aliphatic heterocycles. The molecule has 0 fully saturated rings. The maximum absolute atomic E-state index is 5.52. The molecule has 0 amide bonds. The van der Waals surface area contributed by atoms with E-state index in [-0.39, 0.29) is 0 Å². The summed E-state index contributed by atoms with van der Waals surface area (Å²) in [5.74, 6) is 0.314. The van der Waals surface area contributed by atoms with Crippen molar-refractivity contribution in [1.29, 1.82) is 0 Å². The van der Waals surface area contributed by atoms with Crippen LogP contribution in [0.15, 0.2) is 35.0 Å². The third-order valence-electron chi connectivity index (χ3n) is 2.57. The fourth-order valence-corrected chi connectivity index (χ4v) is 1.86. The molecule has 0 unspecified atom stereocenters. The van der Waals surface area contributed by atoms with Gasteiger partial charge < -0.3 is 10.3 Å². The first-order valence-corrected chi connectivity index (χ1v) is 4.89. The summed E-state index contributed by atoms with van der Waals surface area (Å²) in [6, 6.07) is 7.66. The molecule has 0 atom stereocenters. The van der Waals surface area contributed by atoms with E-state index in [9.17, 15) is 0 Å². The third kappa shape index (κ3) is 1.18. The first-order chi connectivity index (χ1) is 7.75. The van der Waals surface area contributed by atoms with Crippen molar-refractivity contribution in [3.8, 4) is 11.3 Å². The van der Waals surface area contributed by atoms with Gasteiger partial charge >= 0.3 is 0 Å². The summed E-state index contributed by atoms with van der Waals surface area (Å²) < 4.78 is 6.70. The molecular weight excluding hydrogens is 204 g/mol. The lowest BCUT2D eigenvalue weighted by Gasteiger charge is -2.00. The van der Waals surface area contributed by atoms with Gasteiger partial charge in [-0.1, -0.05) is 23.4 Å². The van der Waals surface area contributed by atoms with E-state index in [0.717, 1.165) is 22.2 Å². The minimum Gasteiger partial charge on any atom is -0.368 e. The number of nitrogens with zero attached hydrogens (tertiary/aromatic N) is 3. The van der Waals surface area contributed by atoms with Crippen LogP contribution in [-0.2, 0) is 7.05 Å². The number of hydrogen-bond acceptors (Lipinski definition) is 4. The molecule has 5 nitrogen and oxygen atoms in total. The minimum atomic E-state index is 0.314. The molecule has 16 heavy (non-hydrogen) atoms. The maximum Gasteiger partial charge on any atom is 0.222 e. The van der Waals surface area contributed by atoms with Crippen LogP contribution in [0.3, 0.4) is 0 Å².